The molecule has 0 saturated heterocycles. The van der Waals surface area contributed by atoms with E-state index in [2.05, 4.69) is 62.0 Å². The number of halogens is 2. The molecule has 3 heterocycles. The molecule has 2 N–H and O–H groups in total. The first kappa shape index (κ1) is 18.5. The van der Waals surface area contributed by atoms with Gasteiger partial charge >= 0.3 is 0 Å². The number of pyridine rings is 2. The van der Waals surface area contributed by atoms with E-state index in [1.54, 1.807) is 36.7 Å². The van der Waals surface area contributed by atoms with Gasteiger partial charge in [-0.2, -0.15) is 0 Å². The third-order valence-electron chi connectivity index (χ3n) is 3.79. The lowest BCUT2D eigenvalue weighted by Crippen LogP contribution is -1.99. The second-order valence-electron chi connectivity index (χ2n) is 5.67. The molecule has 0 bridgehead atoms. The van der Waals surface area contributed by atoms with Gasteiger partial charge in [0, 0.05) is 26.7 Å². The summed E-state index contributed by atoms with van der Waals surface area (Å²) in [6.07, 6.45) is 3.29. The Labute approximate surface area is 176 Å². The number of aromatic amines is 1. The summed E-state index contributed by atoms with van der Waals surface area (Å²) in [6.45, 7) is 0. The van der Waals surface area contributed by atoms with Crippen molar-refractivity contribution in [1.82, 2.24) is 15.0 Å². The van der Waals surface area contributed by atoms with Crippen LogP contribution in [0.4, 0.5) is 11.5 Å². The molecular formula is C19H12Br2N6O. The minimum Gasteiger partial charge on any atom is -0.493 e. The summed E-state index contributed by atoms with van der Waals surface area (Å²) in [4.78, 5) is 15.8. The van der Waals surface area contributed by atoms with Crippen molar-refractivity contribution in [2.24, 2.45) is 15.2 Å². The second-order valence-corrected chi connectivity index (χ2v) is 7.44. The Kier molecular flexibility index (Phi) is 5.27. The van der Waals surface area contributed by atoms with Gasteiger partial charge in [0.25, 0.3) is 0 Å². The quantitative estimate of drug-likeness (QED) is 0.204. The Morgan fingerprint density at radius 3 is 2.50 bits per heavy atom. The van der Waals surface area contributed by atoms with Gasteiger partial charge in [-0.15, -0.1) is 10.2 Å². The van der Waals surface area contributed by atoms with E-state index < -0.39 is 0 Å². The van der Waals surface area contributed by atoms with E-state index in [-0.39, 0.29) is 11.7 Å². The van der Waals surface area contributed by atoms with Gasteiger partial charge in [-0.3, -0.25) is 4.98 Å². The monoisotopic (exact) mass is 498 g/mol. The van der Waals surface area contributed by atoms with Gasteiger partial charge in [-0.25, -0.2) is 9.98 Å². The molecule has 28 heavy (non-hydrogen) atoms. The number of fused-ring (bicyclic) bond motifs is 1. The van der Waals surface area contributed by atoms with Gasteiger partial charge in [0.15, 0.2) is 11.5 Å². The van der Waals surface area contributed by atoms with E-state index in [0.29, 0.717) is 22.6 Å². The molecule has 0 saturated carbocycles. The summed E-state index contributed by atoms with van der Waals surface area (Å²) in [5.41, 5.74) is 1.57. The molecule has 0 aliphatic carbocycles. The van der Waals surface area contributed by atoms with Crippen LogP contribution in [0, 0.1) is 0 Å². The molecule has 0 spiro atoms. The first-order chi connectivity index (χ1) is 13.6. The molecule has 0 unspecified atom stereocenters. The van der Waals surface area contributed by atoms with Crippen LogP contribution in [-0.4, -0.2) is 25.9 Å². The minimum atomic E-state index is -0.0873. The van der Waals surface area contributed by atoms with Crippen molar-refractivity contribution in [3.63, 3.8) is 0 Å². The van der Waals surface area contributed by atoms with E-state index in [9.17, 15) is 5.11 Å². The number of aromatic hydroxyl groups is 1. The average molecular weight is 500 g/mol. The Hall–Kier alpha value is -2.91. The Balaban J connectivity index is 1.82. The maximum Gasteiger partial charge on any atom is 0.218 e. The zero-order chi connectivity index (χ0) is 19.5. The normalized spacial score (nSPS) is 12.1. The van der Waals surface area contributed by atoms with Crippen molar-refractivity contribution in [2.45, 2.75) is 0 Å². The van der Waals surface area contributed by atoms with Crippen molar-refractivity contribution < 1.29 is 5.11 Å². The molecule has 0 aliphatic rings. The zero-order valence-electron chi connectivity index (χ0n) is 14.2. The number of H-pyrrole nitrogens is 1. The highest BCUT2D eigenvalue weighted by Gasteiger charge is 2.14. The standard InChI is InChI=1S/C19H12Br2N6O/c20-11-9-12-16(13(21)10-11)25-19(28)17(12)26-27-18(14-5-1-3-7-22-14)24-15-6-2-4-8-23-15/h1-10,25,28H. The lowest BCUT2D eigenvalue weighted by molar-refractivity contribution is 0.459. The number of rotatable bonds is 3. The highest BCUT2D eigenvalue weighted by atomic mass is 79.9. The van der Waals surface area contributed by atoms with Gasteiger partial charge in [0.05, 0.1) is 5.52 Å². The largest absolute Gasteiger partial charge is 0.493 e. The van der Waals surface area contributed by atoms with Gasteiger partial charge in [0.1, 0.15) is 5.69 Å². The smallest absolute Gasteiger partial charge is 0.218 e. The van der Waals surface area contributed by atoms with Crippen LogP contribution in [-0.2, 0) is 0 Å². The molecule has 3 aromatic heterocycles. The van der Waals surface area contributed by atoms with E-state index in [0.717, 1.165) is 14.5 Å². The highest BCUT2D eigenvalue weighted by Crippen LogP contribution is 2.40. The average Bonchev–Trinajstić information content (AvgIpc) is 3.02. The Bertz CT molecular complexity index is 1190. The number of aliphatic imine (C=N–C) groups is 1. The molecule has 4 rings (SSSR count). The molecule has 7 nitrogen and oxygen atoms in total. The highest BCUT2D eigenvalue weighted by molar-refractivity contribution is 9.11. The number of hydrogen-bond acceptors (Lipinski definition) is 5. The fourth-order valence-corrected chi connectivity index (χ4v) is 3.87. The zero-order valence-corrected chi connectivity index (χ0v) is 17.4. The van der Waals surface area contributed by atoms with Crippen LogP contribution in [0.1, 0.15) is 5.69 Å². The maximum absolute atomic E-state index is 10.3. The van der Waals surface area contributed by atoms with Gasteiger partial charge < -0.3 is 10.1 Å². The van der Waals surface area contributed by atoms with Gasteiger partial charge in [-0.05, 0) is 52.3 Å². The lowest BCUT2D eigenvalue weighted by atomic mass is 10.2. The number of aromatic nitrogens is 3. The van der Waals surface area contributed by atoms with E-state index >= 15 is 0 Å². The molecule has 0 amide bonds. The maximum atomic E-state index is 10.3. The molecule has 138 valence electrons. The Morgan fingerprint density at radius 1 is 1.00 bits per heavy atom. The molecule has 0 fully saturated rings. The summed E-state index contributed by atoms with van der Waals surface area (Å²) in [5, 5.41) is 19.5. The number of hydrogen-bond donors (Lipinski definition) is 2. The SMILES string of the molecule is Oc1[nH]c2c(Br)cc(Br)cc2c1N=NC(=Nc1ccccn1)c1ccccn1. The van der Waals surface area contributed by atoms with Crippen LogP contribution in [0.25, 0.3) is 10.9 Å². The van der Waals surface area contributed by atoms with Crippen LogP contribution >= 0.6 is 31.9 Å². The van der Waals surface area contributed by atoms with Crippen molar-refractivity contribution in [2.75, 3.05) is 0 Å². The van der Waals surface area contributed by atoms with Crippen molar-refractivity contribution in [1.29, 1.82) is 0 Å². The van der Waals surface area contributed by atoms with Crippen LogP contribution in [0.15, 0.2) is 85.1 Å². The van der Waals surface area contributed by atoms with Gasteiger partial charge in [-0.1, -0.05) is 28.1 Å². The topological polar surface area (TPSA) is 98.9 Å². The summed E-state index contributed by atoms with van der Waals surface area (Å²) in [7, 11) is 0. The summed E-state index contributed by atoms with van der Waals surface area (Å²) < 4.78 is 1.63. The summed E-state index contributed by atoms with van der Waals surface area (Å²) in [6, 6.07) is 14.5. The fourth-order valence-electron chi connectivity index (χ4n) is 2.55. The van der Waals surface area contributed by atoms with Crippen molar-refractivity contribution >= 4 is 60.1 Å². The van der Waals surface area contributed by atoms with Crippen LogP contribution < -0.4 is 0 Å². The van der Waals surface area contributed by atoms with Crippen LogP contribution in [0.3, 0.4) is 0 Å². The van der Waals surface area contributed by atoms with Crippen molar-refractivity contribution in [3.8, 4) is 5.88 Å². The van der Waals surface area contributed by atoms with E-state index in [1.807, 2.05) is 24.3 Å². The van der Waals surface area contributed by atoms with Crippen molar-refractivity contribution in [3.05, 3.63) is 75.6 Å². The number of amidine groups is 1. The first-order valence-electron chi connectivity index (χ1n) is 8.14. The molecular weight excluding hydrogens is 488 g/mol. The molecule has 0 radical (unpaired) electrons. The van der Waals surface area contributed by atoms with E-state index in [1.165, 1.54) is 0 Å². The molecule has 0 aliphatic heterocycles. The molecule has 9 heteroatoms. The third-order valence-corrected chi connectivity index (χ3v) is 4.87. The molecule has 0 atom stereocenters. The summed E-state index contributed by atoms with van der Waals surface area (Å²) >= 11 is 6.92. The predicted molar refractivity (Wildman–Crippen MR) is 115 cm³/mol. The fraction of sp³-hybridized carbons (Fsp3) is 0. The summed E-state index contributed by atoms with van der Waals surface area (Å²) in [5.74, 6) is 0.675. The second kappa shape index (κ2) is 7.99. The minimum absolute atomic E-state index is 0.0873. The lowest BCUT2D eigenvalue weighted by Gasteiger charge is -2.00. The number of benzene rings is 1. The predicted octanol–water partition coefficient (Wildman–Crippen LogP) is 6.05. The molecule has 1 aromatic carbocycles. The number of nitrogens with one attached hydrogen (secondary N) is 1. The number of azo groups is 1. The van der Waals surface area contributed by atoms with Crippen LogP contribution in [0.2, 0.25) is 0 Å². The van der Waals surface area contributed by atoms with E-state index in [4.69, 9.17) is 0 Å². The van der Waals surface area contributed by atoms with Crippen LogP contribution in [0.5, 0.6) is 5.88 Å². The van der Waals surface area contributed by atoms with Gasteiger partial charge in [0.2, 0.25) is 11.7 Å². The first-order valence-corrected chi connectivity index (χ1v) is 9.73. The molecule has 4 aromatic rings. The third kappa shape index (κ3) is 3.85. The number of nitrogens with zero attached hydrogens (tertiary/aromatic N) is 5. The Morgan fingerprint density at radius 2 is 1.79 bits per heavy atom.